The van der Waals surface area contributed by atoms with Crippen LogP contribution in [0.25, 0.3) is 0 Å². The molecule has 0 aliphatic carbocycles. The Labute approximate surface area is 363 Å². The van der Waals surface area contributed by atoms with Crippen molar-refractivity contribution >= 4 is 17.8 Å². The Morgan fingerprint density at radius 1 is 0.852 bits per heavy atom. The van der Waals surface area contributed by atoms with Gasteiger partial charge in [-0.15, -0.1) is 0 Å². The number of hydrogen-bond donors (Lipinski definition) is 1. The number of esters is 1. The first-order valence-corrected chi connectivity index (χ1v) is 21.3. The van der Waals surface area contributed by atoms with Crippen molar-refractivity contribution in [1.82, 2.24) is 10.2 Å². The van der Waals surface area contributed by atoms with Crippen LogP contribution >= 0.6 is 0 Å². The van der Waals surface area contributed by atoms with Crippen LogP contribution in [-0.2, 0) is 39.8 Å². The fraction of sp³-hybridized carbons (Fsp3) is 0.490. The van der Waals surface area contributed by atoms with E-state index in [1.807, 2.05) is 45.0 Å². The molecule has 1 fully saturated rings. The molecule has 0 radical (unpaired) electrons. The topological polar surface area (TPSA) is 131 Å². The third kappa shape index (κ3) is 18.2. The second kappa shape index (κ2) is 29.3. The average molecular weight is 845 g/mol. The molecule has 1 N–H and O–H groups in total. The number of amides is 1. The summed E-state index contributed by atoms with van der Waals surface area (Å²) in [6, 6.07) is 8.37. The number of carbonyl (C=O) groups excluding carboxylic acids is 3. The highest BCUT2D eigenvalue weighted by Gasteiger charge is 2.44. The number of ketones is 1. The lowest BCUT2D eigenvalue weighted by molar-refractivity contribution is -0.167. The van der Waals surface area contributed by atoms with Crippen molar-refractivity contribution in [2.45, 2.75) is 111 Å². The van der Waals surface area contributed by atoms with Gasteiger partial charge in [0, 0.05) is 38.1 Å². The van der Waals surface area contributed by atoms with Crippen molar-refractivity contribution in [1.29, 1.82) is 0 Å². The maximum atomic E-state index is 13.8. The van der Waals surface area contributed by atoms with Crippen LogP contribution in [0.4, 0.5) is 4.79 Å². The highest BCUT2D eigenvalue weighted by Crippen LogP contribution is 2.35. The molecule has 2 aromatic carbocycles. The number of nitrogens with zero attached hydrogens (tertiary/aromatic N) is 1. The predicted molar refractivity (Wildman–Crippen MR) is 238 cm³/mol. The van der Waals surface area contributed by atoms with Gasteiger partial charge in [-0.3, -0.25) is 14.5 Å². The molecular formula is C49H68N2O10. The van der Waals surface area contributed by atoms with Gasteiger partial charge in [0.1, 0.15) is 17.5 Å². The number of methoxy groups -OCH3 is 2. The van der Waals surface area contributed by atoms with E-state index >= 15 is 0 Å². The van der Waals surface area contributed by atoms with Gasteiger partial charge in [-0.05, 0) is 94.5 Å². The van der Waals surface area contributed by atoms with Crippen molar-refractivity contribution in [3.8, 4) is 11.5 Å². The van der Waals surface area contributed by atoms with Crippen LogP contribution in [0.3, 0.4) is 0 Å². The number of hydrogen-bond acceptors (Lipinski definition) is 11. The number of nitrogens with one attached hydrogen (secondary N) is 1. The number of Topliss-reactive ketones (excluding diaryl/α,β-unsaturated/α-hetero) is 1. The molecule has 1 saturated heterocycles. The Morgan fingerprint density at radius 2 is 1.52 bits per heavy atom. The summed E-state index contributed by atoms with van der Waals surface area (Å²) in [5.74, 6) is 0.559. The monoisotopic (exact) mass is 844 g/mol. The lowest BCUT2D eigenvalue weighted by Crippen LogP contribution is -2.47. The second-order valence-electron chi connectivity index (χ2n) is 14.6. The quantitative estimate of drug-likeness (QED) is 0.0380. The summed E-state index contributed by atoms with van der Waals surface area (Å²) in [5, 5.41) is 3.22. The minimum atomic E-state index is -1.19. The Hall–Kier alpha value is -5.01. The smallest absolute Gasteiger partial charge is 0.415 e. The van der Waals surface area contributed by atoms with Gasteiger partial charge < -0.3 is 38.5 Å². The molecule has 0 aromatic heterocycles. The van der Waals surface area contributed by atoms with Crippen LogP contribution in [0.15, 0.2) is 91.1 Å². The summed E-state index contributed by atoms with van der Waals surface area (Å²) in [6.45, 7) is 10.6. The van der Waals surface area contributed by atoms with E-state index in [1.165, 1.54) is 11.8 Å². The van der Waals surface area contributed by atoms with Gasteiger partial charge in [-0.2, -0.15) is 0 Å². The zero-order valence-electron chi connectivity index (χ0n) is 37.3. The third-order valence-corrected chi connectivity index (χ3v) is 9.89. The molecule has 0 spiro atoms. The van der Waals surface area contributed by atoms with Crippen LogP contribution in [-0.4, -0.2) is 82.5 Å². The molecule has 3 rings (SSSR count). The highest BCUT2D eigenvalue weighted by molar-refractivity contribution is 5.89. The van der Waals surface area contributed by atoms with E-state index in [0.29, 0.717) is 49.7 Å². The van der Waals surface area contributed by atoms with Gasteiger partial charge in [-0.25, -0.2) is 4.79 Å². The molecule has 0 saturated carbocycles. The number of benzene rings is 2. The van der Waals surface area contributed by atoms with Crippen LogP contribution in [0, 0.1) is 20.8 Å². The maximum absolute atomic E-state index is 13.8. The van der Waals surface area contributed by atoms with Gasteiger partial charge in [0.05, 0.1) is 33.5 Å². The molecule has 1 amide bonds. The number of carbonyl (C=O) groups is 3. The average Bonchev–Trinajstić information content (AvgIpc) is 3.69. The van der Waals surface area contributed by atoms with E-state index in [-0.39, 0.29) is 32.1 Å². The summed E-state index contributed by atoms with van der Waals surface area (Å²) in [6.07, 6.45) is 24.7. The Balaban J connectivity index is 1.52. The lowest BCUT2D eigenvalue weighted by Gasteiger charge is -2.29. The van der Waals surface area contributed by atoms with E-state index in [4.69, 9.17) is 33.2 Å². The molecule has 334 valence electrons. The number of aryl methyl sites for hydroxylation is 2. The minimum absolute atomic E-state index is 0.0491. The fourth-order valence-electron chi connectivity index (χ4n) is 6.40. The molecule has 3 atom stereocenters. The Bertz CT molecular complexity index is 1800. The van der Waals surface area contributed by atoms with E-state index in [1.54, 1.807) is 26.4 Å². The standard InChI is InChI=1S/C49H68N2O10/c1-8-9-10-11-12-13-14-15-16-17-18-19-20-21-22-23-24-25-46(53)60-40(5)61-49(54)51-44(35-58-48(51)43-29-28-42(56-7)32-38(43)3)45(52)34-50-33-41-27-26-37(2)39(4)47(41)59-36-57-31-30-55-6/h9-10,12-13,15-16,18-19,21-22,26-29,32,40,44,48,50H,8,11,14,17,20,23-25,30-31,33-36H2,1-7H3/b10-9-,13-12-,16-15-,19-18-,22-21-. The molecule has 12 nitrogen and oxygen atoms in total. The lowest BCUT2D eigenvalue weighted by atomic mass is 10.0. The largest absolute Gasteiger partial charge is 0.497 e. The van der Waals surface area contributed by atoms with E-state index in [2.05, 4.69) is 66.9 Å². The normalized spacial score (nSPS) is 16.1. The minimum Gasteiger partial charge on any atom is -0.497 e. The van der Waals surface area contributed by atoms with E-state index in [9.17, 15) is 14.4 Å². The number of allylic oxidation sites excluding steroid dienone is 10. The first kappa shape index (κ1) is 50.3. The molecule has 1 aliphatic heterocycles. The summed E-state index contributed by atoms with van der Waals surface area (Å²) >= 11 is 0. The van der Waals surface area contributed by atoms with Gasteiger partial charge in [0.25, 0.3) is 0 Å². The Kier molecular flexibility index (Phi) is 24.2. The van der Waals surface area contributed by atoms with Crippen LogP contribution in [0.2, 0.25) is 0 Å². The van der Waals surface area contributed by atoms with Crippen LogP contribution in [0.5, 0.6) is 11.5 Å². The fourth-order valence-corrected chi connectivity index (χ4v) is 6.40. The molecule has 12 heteroatoms. The highest BCUT2D eigenvalue weighted by atomic mass is 16.7. The van der Waals surface area contributed by atoms with Crippen LogP contribution in [0.1, 0.15) is 99.3 Å². The maximum Gasteiger partial charge on any atom is 0.415 e. The number of rotatable bonds is 28. The number of ether oxygens (including phenoxy) is 7. The predicted octanol–water partition coefficient (Wildman–Crippen LogP) is 9.63. The number of unbranched alkanes of at least 4 members (excludes halogenated alkanes) is 1. The van der Waals surface area contributed by atoms with Gasteiger partial charge in [0.15, 0.2) is 18.8 Å². The molecule has 0 bridgehead atoms. The van der Waals surface area contributed by atoms with Crippen molar-refractivity contribution < 1.29 is 47.5 Å². The van der Waals surface area contributed by atoms with Gasteiger partial charge in [-0.1, -0.05) is 85.9 Å². The summed E-state index contributed by atoms with van der Waals surface area (Å²) in [5.41, 5.74) is 4.35. The molecule has 61 heavy (non-hydrogen) atoms. The molecule has 1 aliphatic rings. The Morgan fingerprint density at radius 3 is 2.16 bits per heavy atom. The van der Waals surface area contributed by atoms with Gasteiger partial charge in [0.2, 0.25) is 6.29 Å². The molecule has 2 aromatic rings. The third-order valence-electron chi connectivity index (χ3n) is 9.89. The van der Waals surface area contributed by atoms with Crippen molar-refractivity contribution in [2.75, 3.05) is 47.4 Å². The summed E-state index contributed by atoms with van der Waals surface area (Å²) in [7, 11) is 3.18. The molecule has 1 heterocycles. The first-order chi connectivity index (χ1) is 29.6. The van der Waals surface area contributed by atoms with E-state index < -0.39 is 30.6 Å². The zero-order valence-corrected chi connectivity index (χ0v) is 37.3. The van der Waals surface area contributed by atoms with Crippen molar-refractivity contribution in [3.05, 3.63) is 119 Å². The molecule has 3 unspecified atom stereocenters. The van der Waals surface area contributed by atoms with Gasteiger partial charge >= 0.3 is 12.1 Å². The first-order valence-electron chi connectivity index (χ1n) is 21.3. The summed E-state index contributed by atoms with van der Waals surface area (Å²) < 4.78 is 39.1. The SMILES string of the molecule is CC/C=C\C/C=C\C/C=C\C/C=C\C/C=C\CCCC(=O)OC(C)OC(=O)N1C(C(=O)CNCc2ccc(C)c(C)c2OCOCCOC)COC1c1ccc(OC)cc1C. The molecular weight excluding hydrogens is 777 g/mol. The van der Waals surface area contributed by atoms with E-state index in [0.717, 1.165) is 54.4 Å². The zero-order chi connectivity index (χ0) is 44.2. The van der Waals surface area contributed by atoms with Crippen molar-refractivity contribution in [2.24, 2.45) is 0 Å². The second-order valence-corrected chi connectivity index (χ2v) is 14.6. The van der Waals surface area contributed by atoms with Crippen molar-refractivity contribution in [3.63, 3.8) is 0 Å². The van der Waals surface area contributed by atoms with Crippen LogP contribution < -0.4 is 14.8 Å². The summed E-state index contributed by atoms with van der Waals surface area (Å²) in [4.78, 5) is 41.6.